The van der Waals surface area contributed by atoms with Gasteiger partial charge in [0.1, 0.15) is 0 Å². The molecule has 0 unspecified atom stereocenters. The predicted molar refractivity (Wildman–Crippen MR) is 52.5 cm³/mol. The highest BCUT2D eigenvalue weighted by atomic mass is 32.1. The maximum absolute atomic E-state index is 8.82. The summed E-state index contributed by atoms with van der Waals surface area (Å²) in [5, 5.41) is 14.2. The van der Waals surface area contributed by atoms with Crippen LogP contribution in [-0.2, 0) is 6.54 Å². The zero-order chi connectivity index (χ0) is 9.10. The first-order valence-corrected chi connectivity index (χ1v) is 5.44. The zero-order valence-corrected chi connectivity index (χ0v) is 8.26. The predicted octanol–water partition coefficient (Wildman–Crippen LogP) is 0.861. The van der Waals surface area contributed by atoms with E-state index in [9.17, 15) is 0 Å². The summed E-state index contributed by atoms with van der Waals surface area (Å²) < 4.78 is 4.20. The van der Waals surface area contributed by atoms with E-state index in [1.165, 1.54) is 18.0 Å². The summed E-state index contributed by atoms with van der Waals surface area (Å²) in [5.74, 6) is 1.26. The molecule has 0 aromatic carbocycles. The van der Waals surface area contributed by atoms with Crippen molar-refractivity contribution in [2.45, 2.75) is 13.0 Å². The van der Waals surface area contributed by atoms with Crippen LogP contribution in [0, 0.1) is 11.8 Å². The molecule has 3 nitrogen and oxygen atoms in total. The number of rotatable bonds is 5. The fourth-order valence-corrected chi connectivity index (χ4v) is 2.04. The summed E-state index contributed by atoms with van der Waals surface area (Å²) in [5.41, 5.74) is 1.12. The minimum Gasteiger partial charge on any atom is -0.396 e. The quantitative estimate of drug-likeness (QED) is 0.737. The van der Waals surface area contributed by atoms with Crippen LogP contribution in [0.4, 0.5) is 0 Å². The van der Waals surface area contributed by atoms with Crippen molar-refractivity contribution >= 4 is 11.5 Å². The van der Waals surface area contributed by atoms with Crippen molar-refractivity contribution in [2.75, 3.05) is 13.2 Å². The third kappa shape index (κ3) is 2.49. The highest BCUT2D eigenvalue weighted by Gasteiger charge is 2.35. The highest BCUT2D eigenvalue weighted by molar-refractivity contribution is 7.03. The number of hydrogen-bond acceptors (Lipinski definition) is 4. The van der Waals surface area contributed by atoms with Crippen LogP contribution in [0.3, 0.4) is 0 Å². The molecule has 2 N–H and O–H groups in total. The van der Waals surface area contributed by atoms with E-state index in [2.05, 4.69) is 9.69 Å². The molecule has 1 aromatic rings. The molecule has 4 heteroatoms. The van der Waals surface area contributed by atoms with Gasteiger partial charge in [-0.05, 0) is 42.4 Å². The molecule has 0 bridgehead atoms. The first kappa shape index (κ1) is 9.12. The summed E-state index contributed by atoms with van der Waals surface area (Å²) in [6, 6.07) is 2.04. The lowest BCUT2D eigenvalue weighted by atomic mass is 10.3. The number of aromatic nitrogens is 1. The summed E-state index contributed by atoms with van der Waals surface area (Å²) in [4.78, 5) is 0. The maximum atomic E-state index is 8.82. The SMILES string of the molecule is OC[C@@H]1C[C@@H]1CNCc1ccsn1. The summed E-state index contributed by atoms with van der Waals surface area (Å²) in [7, 11) is 0. The average Bonchev–Trinajstić information content (AvgIpc) is 2.69. The number of nitrogens with one attached hydrogen (secondary N) is 1. The van der Waals surface area contributed by atoms with E-state index >= 15 is 0 Å². The van der Waals surface area contributed by atoms with E-state index in [0.717, 1.165) is 18.8 Å². The van der Waals surface area contributed by atoms with Gasteiger partial charge in [-0.15, -0.1) is 0 Å². The van der Waals surface area contributed by atoms with Crippen LogP contribution in [-0.4, -0.2) is 22.6 Å². The van der Waals surface area contributed by atoms with Gasteiger partial charge in [0.05, 0.1) is 5.69 Å². The minimum absolute atomic E-state index is 0.350. The summed E-state index contributed by atoms with van der Waals surface area (Å²) >= 11 is 1.49. The zero-order valence-electron chi connectivity index (χ0n) is 7.44. The fourth-order valence-electron chi connectivity index (χ4n) is 1.50. The van der Waals surface area contributed by atoms with Gasteiger partial charge in [0.15, 0.2) is 0 Å². The topological polar surface area (TPSA) is 45.1 Å². The van der Waals surface area contributed by atoms with Crippen LogP contribution in [0.5, 0.6) is 0 Å². The van der Waals surface area contributed by atoms with Crippen molar-refractivity contribution in [3.05, 3.63) is 17.1 Å². The molecule has 0 spiro atoms. The standard InChI is InChI=1S/C9H14N2OS/c12-6-8-3-7(8)4-10-5-9-1-2-13-11-9/h1-2,7-8,10,12H,3-6H2/t7-,8+/m1/s1. The van der Waals surface area contributed by atoms with Gasteiger partial charge in [0, 0.05) is 18.5 Å². The van der Waals surface area contributed by atoms with Crippen LogP contribution in [0.25, 0.3) is 0 Å². The fraction of sp³-hybridized carbons (Fsp3) is 0.667. The van der Waals surface area contributed by atoms with Crippen molar-refractivity contribution in [3.63, 3.8) is 0 Å². The molecular weight excluding hydrogens is 184 g/mol. The molecule has 1 heterocycles. The molecule has 2 rings (SSSR count). The van der Waals surface area contributed by atoms with Gasteiger partial charge >= 0.3 is 0 Å². The Morgan fingerprint density at radius 2 is 2.54 bits per heavy atom. The molecule has 0 radical (unpaired) electrons. The van der Waals surface area contributed by atoms with Gasteiger partial charge in [-0.1, -0.05) is 0 Å². The molecule has 2 atom stereocenters. The number of aliphatic hydroxyl groups is 1. The lowest BCUT2D eigenvalue weighted by molar-refractivity contribution is 0.268. The Bertz CT molecular complexity index is 250. The largest absolute Gasteiger partial charge is 0.396 e. The first-order valence-electron chi connectivity index (χ1n) is 4.61. The Morgan fingerprint density at radius 3 is 3.15 bits per heavy atom. The van der Waals surface area contributed by atoms with Crippen molar-refractivity contribution in [1.82, 2.24) is 9.69 Å². The molecule has 1 aliphatic rings. The second-order valence-corrected chi connectivity index (χ2v) is 4.23. The molecule has 0 saturated heterocycles. The Balaban J connectivity index is 1.60. The van der Waals surface area contributed by atoms with Crippen molar-refractivity contribution < 1.29 is 5.11 Å². The second-order valence-electron chi connectivity index (χ2n) is 3.56. The van der Waals surface area contributed by atoms with Gasteiger partial charge in [0.25, 0.3) is 0 Å². The van der Waals surface area contributed by atoms with E-state index in [-0.39, 0.29) is 0 Å². The van der Waals surface area contributed by atoms with E-state index < -0.39 is 0 Å². The number of aliphatic hydroxyl groups excluding tert-OH is 1. The van der Waals surface area contributed by atoms with Crippen LogP contribution >= 0.6 is 11.5 Å². The summed E-state index contributed by atoms with van der Waals surface area (Å²) in [6.45, 7) is 2.23. The summed E-state index contributed by atoms with van der Waals surface area (Å²) in [6.07, 6.45) is 1.18. The molecule has 0 aliphatic heterocycles. The van der Waals surface area contributed by atoms with Crippen LogP contribution < -0.4 is 5.32 Å². The third-order valence-electron chi connectivity index (χ3n) is 2.51. The van der Waals surface area contributed by atoms with Crippen molar-refractivity contribution in [1.29, 1.82) is 0 Å². The Kier molecular flexibility index (Phi) is 2.93. The van der Waals surface area contributed by atoms with Crippen molar-refractivity contribution in [3.8, 4) is 0 Å². The van der Waals surface area contributed by atoms with Gasteiger partial charge in [-0.25, -0.2) is 0 Å². The third-order valence-corrected chi connectivity index (χ3v) is 3.11. The Labute approximate surface area is 82.0 Å². The highest BCUT2D eigenvalue weighted by Crippen LogP contribution is 2.36. The van der Waals surface area contributed by atoms with Gasteiger partial charge in [-0.3, -0.25) is 0 Å². The first-order chi connectivity index (χ1) is 6.40. The maximum Gasteiger partial charge on any atom is 0.0680 e. The smallest absolute Gasteiger partial charge is 0.0680 e. The Morgan fingerprint density at radius 1 is 1.62 bits per heavy atom. The van der Waals surface area contributed by atoms with Gasteiger partial charge in [0.2, 0.25) is 0 Å². The number of nitrogens with zero attached hydrogens (tertiary/aromatic N) is 1. The molecule has 1 fully saturated rings. The molecule has 1 aliphatic carbocycles. The minimum atomic E-state index is 0.350. The van der Waals surface area contributed by atoms with Crippen LogP contribution in [0.2, 0.25) is 0 Å². The van der Waals surface area contributed by atoms with Crippen LogP contribution in [0.15, 0.2) is 11.4 Å². The molecule has 72 valence electrons. The van der Waals surface area contributed by atoms with E-state index in [1.54, 1.807) is 0 Å². The second kappa shape index (κ2) is 4.17. The lowest BCUT2D eigenvalue weighted by Crippen LogP contribution is -2.17. The van der Waals surface area contributed by atoms with Gasteiger partial charge < -0.3 is 10.4 Å². The molecular formula is C9H14N2OS. The Hall–Kier alpha value is -0.450. The van der Waals surface area contributed by atoms with Gasteiger partial charge in [-0.2, -0.15) is 4.37 Å². The molecule has 1 saturated carbocycles. The van der Waals surface area contributed by atoms with Crippen LogP contribution in [0.1, 0.15) is 12.1 Å². The normalized spacial score (nSPS) is 26.2. The number of hydrogen-bond donors (Lipinski definition) is 2. The van der Waals surface area contributed by atoms with E-state index in [1.807, 2.05) is 11.4 Å². The molecule has 1 aromatic heterocycles. The monoisotopic (exact) mass is 198 g/mol. The molecule has 13 heavy (non-hydrogen) atoms. The van der Waals surface area contributed by atoms with E-state index in [4.69, 9.17) is 5.11 Å². The average molecular weight is 198 g/mol. The van der Waals surface area contributed by atoms with E-state index in [0.29, 0.717) is 18.4 Å². The molecule has 0 amide bonds. The van der Waals surface area contributed by atoms with Crippen molar-refractivity contribution in [2.24, 2.45) is 11.8 Å². The lowest BCUT2D eigenvalue weighted by Gasteiger charge is -2.00.